The molecule has 0 radical (unpaired) electrons. The fourth-order valence-corrected chi connectivity index (χ4v) is 2.49. The normalized spacial score (nSPS) is 12.6. The molecule has 0 aliphatic rings. The molecule has 1 aromatic heterocycles. The van der Waals surface area contributed by atoms with Crippen molar-refractivity contribution in [2.75, 3.05) is 6.54 Å². The Balaban J connectivity index is 2.35. The summed E-state index contributed by atoms with van der Waals surface area (Å²) in [5.41, 5.74) is 1.18. The second-order valence-electron chi connectivity index (χ2n) is 3.69. The SMILES string of the molecule is CCNC(c1cccc(Br)c1)c1ccc(Br)o1. The van der Waals surface area contributed by atoms with Gasteiger partial charge in [-0.1, -0.05) is 35.0 Å². The summed E-state index contributed by atoms with van der Waals surface area (Å²) >= 11 is 6.83. The van der Waals surface area contributed by atoms with Gasteiger partial charge in [0.05, 0.1) is 6.04 Å². The number of furan rings is 1. The Labute approximate surface area is 118 Å². The van der Waals surface area contributed by atoms with Gasteiger partial charge >= 0.3 is 0 Å². The average Bonchev–Trinajstić information content (AvgIpc) is 2.72. The molecule has 1 aromatic carbocycles. The first-order chi connectivity index (χ1) is 8.20. The molecule has 1 heterocycles. The topological polar surface area (TPSA) is 25.2 Å². The van der Waals surface area contributed by atoms with E-state index in [1.807, 2.05) is 24.3 Å². The van der Waals surface area contributed by atoms with E-state index in [1.165, 1.54) is 5.56 Å². The van der Waals surface area contributed by atoms with E-state index < -0.39 is 0 Å². The van der Waals surface area contributed by atoms with Gasteiger partial charge in [0.2, 0.25) is 0 Å². The third-order valence-electron chi connectivity index (χ3n) is 2.47. The maximum Gasteiger partial charge on any atom is 0.169 e. The van der Waals surface area contributed by atoms with Crippen LogP contribution < -0.4 is 5.32 Å². The van der Waals surface area contributed by atoms with E-state index in [4.69, 9.17) is 4.42 Å². The zero-order valence-corrected chi connectivity index (χ0v) is 12.6. The first-order valence-corrected chi connectivity index (χ1v) is 7.03. The first kappa shape index (κ1) is 12.9. The molecule has 2 nitrogen and oxygen atoms in total. The number of halogens is 2. The van der Waals surface area contributed by atoms with Gasteiger partial charge in [0, 0.05) is 4.47 Å². The molecular formula is C13H13Br2NO. The van der Waals surface area contributed by atoms with Gasteiger partial charge in [0.1, 0.15) is 5.76 Å². The molecule has 0 bridgehead atoms. The number of nitrogens with one attached hydrogen (secondary N) is 1. The molecular weight excluding hydrogens is 346 g/mol. The fraction of sp³-hybridized carbons (Fsp3) is 0.231. The molecule has 1 unspecified atom stereocenters. The molecule has 0 saturated carbocycles. The van der Waals surface area contributed by atoms with Crippen LogP contribution >= 0.6 is 31.9 Å². The maximum atomic E-state index is 5.63. The highest BCUT2D eigenvalue weighted by Crippen LogP contribution is 2.27. The molecule has 2 aromatic rings. The highest BCUT2D eigenvalue weighted by atomic mass is 79.9. The lowest BCUT2D eigenvalue weighted by Crippen LogP contribution is -2.21. The van der Waals surface area contributed by atoms with Crippen LogP contribution in [0.25, 0.3) is 0 Å². The lowest BCUT2D eigenvalue weighted by molar-refractivity contribution is 0.437. The zero-order valence-electron chi connectivity index (χ0n) is 9.41. The predicted molar refractivity (Wildman–Crippen MR) is 76.1 cm³/mol. The van der Waals surface area contributed by atoms with E-state index >= 15 is 0 Å². The van der Waals surface area contributed by atoms with Crippen LogP contribution in [0.5, 0.6) is 0 Å². The van der Waals surface area contributed by atoms with E-state index in [9.17, 15) is 0 Å². The van der Waals surface area contributed by atoms with Crippen molar-refractivity contribution in [2.45, 2.75) is 13.0 Å². The molecule has 0 saturated heterocycles. The Morgan fingerprint density at radius 2 is 2.06 bits per heavy atom. The lowest BCUT2D eigenvalue weighted by Gasteiger charge is -2.16. The summed E-state index contributed by atoms with van der Waals surface area (Å²) in [5, 5.41) is 3.42. The third-order valence-corrected chi connectivity index (χ3v) is 3.39. The summed E-state index contributed by atoms with van der Waals surface area (Å²) in [6.45, 7) is 2.97. The van der Waals surface area contributed by atoms with E-state index in [0.717, 1.165) is 21.4 Å². The van der Waals surface area contributed by atoms with Crippen molar-refractivity contribution >= 4 is 31.9 Å². The Morgan fingerprint density at radius 1 is 1.24 bits per heavy atom. The van der Waals surface area contributed by atoms with Crippen molar-refractivity contribution in [3.05, 3.63) is 56.9 Å². The molecule has 2 rings (SSSR count). The summed E-state index contributed by atoms with van der Waals surface area (Å²) in [5.74, 6) is 0.914. The minimum atomic E-state index is 0.0869. The second-order valence-corrected chi connectivity index (χ2v) is 5.38. The first-order valence-electron chi connectivity index (χ1n) is 5.44. The quantitative estimate of drug-likeness (QED) is 0.870. The minimum absolute atomic E-state index is 0.0869. The number of benzene rings is 1. The Bertz CT molecular complexity index is 496. The smallest absolute Gasteiger partial charge is 0.169 e. The van der Waals surface area contributed by atoms with Crippen LogP contribution in [-0.2, 0) is 0 Å². The van der Waals surface area contributed by atoms with E-state index in [2.05, 4.69) is 56.2 Å². The maximum absolute atomic E-state index is 5.63. The highest BCUT2D eigenvalue weighted by Gasteiger charge is 2.16. The van der Waals surface area contributed by atoms with Gasteiger partial charge in [-0.2, -0.15) is 0 Å². The Hall–Kier alpha value is -0.580. The third kappa shape index (κ3) is 3.21. The molecule has 0 aliphatic heterocycles. The molecule has 0 fully saturated rings. The van der Waals surface area contributed by atoms with Crippen LogP contribution in [-0.4, -0.2) is 6.54 Å². The summed E-state index contributed by atoms with van der Waals surface area (Å²) in [4.78, 5) is 0. The van der Waals surface area contributed by atoms with Crippen LogP contribution in [0.1, 0.15) is 24.3 Å². The fourth-order valence-electron chi connectivity index (χ4n) is 1.76. The number of hydrogen-bond acceptors (Lipinski definition) is 2. The van der Waals surface area contributed by atoms with Gasteiger partial charge in [0.15, 0.2) is 4.67 Å². The van der Waals surface area contributed by atoms with Crippen LogP contribution in [0.2, 0.25) is 0 Å². The van der Waals surface area contributed by atoms with Crippen molar-refractivity contribution in [3.63, 3.8) is 0 Å². The second kappa shape index (κ2) is 5.85. The number of rotatable bonds is 4. The average molecular weight is 359 g/mol. The lowest BCUT2D eigenvalue weighted by atomic mass is 10.0. The van der Waals surface area contributed by atoms with E-state index in [0.29, 0.717) is 0 Å². The molecule has 1 N–H and O–H groups in total. The van der Waals surface area contributed by atoms with Gasteiger partial charge in [0.25, 0.3) is 0 Å². The van der Waals surface area contributed by atoms with Crippen molar-refractivity contribution in [2.24, 2.45) is 0 Å². The van der Waals surface area contributed by atoms with Crippen LogP contribution in [0.4, 0.5) is 0 Å². The van der Waals surface area contributed by atoms with Crippen molar-refractivity contribution < 1.29 is 4.42 Å². The summed E-state index contributed by atoms with van der Waals surface area (Å²) < 4.78 is 7.46. The molecule has 1 atom stereocenters. The summed E-state index contributed by atoms with van der Waals surface area (Å²) in [6.07, 6.45) is 0. The largest absolute Gasteiger partial charge is 0.452 e. The van der Waals surface area contributed by atoms with Gasteiger partial charge in [-0.05, 0) is 52.3 Å². The predicted octanol–water partition coefficient (Wildman–Crippen LogP) is 4.50. The molecule has 0 amide bonds. The van der Waals surface area contributed by atoms with Crippen LogP contribution in [0.15, 0.2) is 50.0 Å². The minimum Gasteiger partial charge on any atom is -0.452 e. The molecule has 4 heteroatoms. The van der Waals surface area contributed by atoms with Gasteiger partial charge < -0.3 is 9.73 Å². The van der Waals surface area contributed by atoms with Gasteiger partial charge in [-0.15, -0.1) is 0 Å². The molecule has 0 spiro atoms. The van der Waals surface area contributed by atoms with Crippen molar-refractivity contribution in [1.29, 1.82) is 0 Å². The van der Waals surface area contributed by atoms with E-state index in [-0.39, 0.29) is 6.04 Å². The van der Waals surface area contributed by atoms with E-state index in [1.54, 1.807) is 0 Å². The zero-order chi connectivity index (χ0) is 12.3. The summed E-state index contributed by atoms with van der Waals surface area (Å²) in [6, 6.07) is 12.2. The number of hydrogen-bond donors (Lipinski definition) is 1. The molecule has 0 aliphatic carbocycles. The summed E-state index contributed by atoms with van der Waals surface area (Å²) in [7, 11) is 0. The molecule has 90 valence electrons. The van der Waals surface area contributed by atoms with Gasteiger partial charge in [-0.3, -0.25) is 0 Å². The standard InChI is InChI=1S/C13H13Br2NO/c1-2-16-13(11-6-7-12(15)17-11)9-4-3-5-10(14)8-9/h3-8,13,16H,2H2,1H3. The van der Waals surface area contributed by atoms with Crippen molar-refractivity contribution in [1.82, 2.24) is 5.32 Å². The van der Waals surface area contributed by atoms with Crippen LogP contribution in [0.3, 0.4) is 0 Å². The Kier molecular flexibility index (Phi) is 4.42. The van der Waals surface area contributed by atoms with Crippen molar-refractivity contribution in [3.8, 4) is 0 Å². The highest BCUT2D eigenvalue weighted by molar-refractivity contribution is 9.10. The Morgan fingerprint density at radius 3 is 2.65 bits per heavy atom. The van der Waals surface area contributed by atoms with Gasteiger partial charge in [-0.25, -0.2) is 0 Å². The monoisotopic (exact) mass is 357 g/mol. The molecule has 17 heavy (non-hydrogen) atoms. The van der Waals surface area contributed by atoms with Crippen LogP contribution in [0, 0.1) is 0 Å².